The molecule has 1 amide bonds. The van der Waals surface area contributed by atoms with Crippen molar-refractivity contribution in [3.05, 3.63) is 53.9 Å². The molecule has 1 unspecified atom stereocenters. The molecule has 0 spiro atoms. The van der Waals surface area contributed by atoms with E-state index in [-0.39, 0.29) is 17.3 Å². The number of ether oxygens (including phenoxy) is 1. The van der Waals surface area contributed by atoms with Crippen molar-refractivity contribution >= 4 is 39.1 Å². The third-order valence-electron chi connectivity index (χ3n) is 7.12. The van der Waals surface area contributed by atoms with E-state index < -0.39 is 5.82 Å². The number of nitrogens with one attached hydrogen (secondary N) is 2. The summed E-state index contributed by atoms with van der Waals surface area (Å²) in [5.41, 5.74) is 2.65. The number of piperazine rings is 1. The number of nitrogens with zero attached hydrogens (tertiary/aromatic N) is 5. The van der Waals surface area contributed by atoms with Crippen LogP contribution in [0.3, 0.4) is 0 Å². The Kier molecular flexibility index (Phi) is 6.00. The number of halogens is 1. The number of aryl methyl sites for hydroxylation is 1. The van der Waals surface area contributed by atoms with E-state index in [1.54, 1.807) is 24.0 Å². The summed E-state index contributed by atoms with van der Waals surface area (Å²) in [5.74, 6) is -0.0543. The molecule has 0 aliphatic carbocycles. The summed E-state index contributed by atoms with van der Waals surface area (Å²) >= 11 is 0. The monoisotopic (exact) mass is 503 g/mol. The van der Waals surface area contributed by atoms with Crippen LogP contribution in [0.25, 0.3) is 21.8 Å². The van der Waals surface area contributed by atoms with Crippen LogP contribution < -0.4 is 15.5 Å². The molecule has 2 aliphatic heterocycles. The number of anilines is 2. The third kappa shape index (κ3) is 4.51. The maximum Gasteiger partial charge on any atom is 0.257 e. The number of rotatable bonds is 4. The molecule has 2 aromatic carbocycles. The molecular weight excluding hydrogens is 473 g/mol. The molecule has 4 heterocycles. The summed E-state index contributed by atoms with van der Waals surface area (Å²) in [6.07, 6.45) is 4.40. The average Bonchev–Trinajstić information content (AvgIpc) is 3.52. The number of fused-ring (bicyclic) bond motifs is 2. The number of amides is 1. The van der Waals surface area contributed by atoms with E-state index >= 15 is 0 Å². The molecule has 2 fully saturated rings. The number of carbonyl (C=O) groups is 1. The van der Waals surface area contributed by atoms with Gasteiger partial charge in [0.15, 0.2) is 5.82 Å². The van der Waals surface area contributed by atoms with Crippen LogP contribution in [0, 0.1) is 5.82 Å². The lowest BCUT2D eigenvalue weighted by Gasteiger charge is -2.38. The number of hydrogen-bond donors (Lipinski definition) is 2. The Labute approximate surface area is 214 Å². The smallest absolute Gasteiger partial charge is 0.257 e. The van der Waals surface area contributed by atoms with Crippen molar-refractivity contribution < 1.29 is 13.9 Å². The predicted molar refractivity (Wildman–Crippen MR) is 141 cm³/mol. The van der Waals surface area contributed by atoms with Crippen molar-refractivity contribution in [3.63, 3.8) is 0 Å². The fraction of sp³-hybridized carbons (Fsp3) is 0.407. The van der Waals surface area contributed by atoms with Crippen molar-refractivity contribution in [2.24, 2.45) is 7.05 Å². The lowest BCUT2D eigenvalue weighted by atomic mass is 10.0. The van der Waals surface area contributed by atoms with Crippen LogP contribution in [-0.4, -0.2) is 64.0 Å². The molecule has 2 N–H and O–H groups in total. The standard InChI is InChI=1S/C27H30FN7O2/c1-15-11-35(12-16(2)30-15)23-5-4-20(25-21(23)10-29-26(32-25)17-6-7-37-14-17)27(36)31-19-8-18-13-34(3)33-24(18)22(28)9-19/h4-5,8-10,13,15-17,30H,6-7,11-12,14H2,1-3H3,(H,31,36)/t15-,16+,17?. The third-order valence-corrected chi connectivity index (χ3v) is 7.12. The zero-order valence-electron chi connectivity index (χ0n) is 21.2. The maximum absolute atomic E-state index is 14.6. The quantitative estimate of drug-likeness (QED) is 0.439. The van der Waals surface area contributed by atoms with E-state index in [0.717, 1.165) is 30.6 Å². The normalized spacial score (nSPS) is 22.2. The summed E-state index contributed by atoms with van der Waals surface area (Å²) in [7, 11) is 1.73. The van der Waals surface area contributed by atoms with E-state index in [0.29, 0.717) is 53.3 Å². The van der Waals surface area contributed by atoms with Gasteiger partial charge in [-0.15, -0.1) is 0 Å². The second-order valence-electron chi connectivity index (χ2n) is 10.2. The van der Waals surface area contributed by atoms with Crippen molar-refractivity contribution in [2.45, 2.75) is 38.3 Å². The van der Waals surface area contributed by atoms with Crippen LogP contribution in [-0.2, 0) is 11.8 Å². The summed E-state index contributed by atoms with van der Waals surface area (Å²) in [6, 6.07) is 7.45. The highest BCUT2D eigenvalue weighted by Crippen LogP contribution is 2.32. The van der Waals surface area contributed by atoms with Gasteiger partial charge in [0.05, 0.1) is 17.7 Å². The minimum Gasteiger partial charge on any atom is -0.381 e. The molecule has 6 rings (SSSR count). The minimum absolute atomic E-state index is 0.102. The van der Waals surface area contributed by atoms with Gasteiger partial charge in [0.1, 0.15) is 11.3 Å². The zero-order valence-corrected chi connectivity index (χ0v) is 21.2. The van der Waals surface area contributed by atoms with E-state index in [1.807, 2.05) is 18.3 Å². The molecule has 0 radical (unpaired) electrons. The van der Waals surface area contributed by atoms with Gasteiger partial charge in [-0.2, -0.15) is 5.10 Å². The van der Waals surface area contributed by atoms with Crippen LogP contribution in [0.4, 0.5) is 15.8 Å². The van der Waals surface area contributed by atoms with Crippen molar-refractivity contribution in [1.82, 2.24) is 25.1 Å². The first-order chi connectivity index (χ1) is 17.9. The highest BCUT2D eigenvalue weighted by Gasteiger charge is 2.26. The van der Waals surface area contributed by atoms with Crippen LogP contribution >= 0.6 is 0 Å². The van der Waals surface area contributed by atoms with Crippen molar-refractivity contribution in [2.75, 3.05) is 36.5 Å². The van der Waals surface area contributed by atoms with Gasteiger partial charge in [0, 0.05) is 79.3 Å². The van der Waals surface area contributed by atoms with Crippen LogP contribution in [0.2, 0.25) is 0 Å². The summed E-state index contributed by atoms with van der Waals surface area (Å²) in [5, 5.41) is 12.0. The fourth-order valence-corrected chi connectivity index (χ4v) is 5.52. The lowest BCUT2D eigenvalue weighted by Crippen LogP contribution is -2.54. The van der Waals surface area contributed by atoms with Gasteiger partial charge in [-0.3, -0.25) is 9.48 Å². The number of hydrogen-bond acceptors (Lipinski definition) is 7. The Bertz CT molecular complexity index is 1490. The van der Waals surface area contributed by atoms with Crippen LogP contribution in [0.15, 0.2) is 36.7 Å². The molecule has 192 valence electrons. The molecule has 3 atom stereocenters. The molecule has 37 heavy (non-hydrogen) atoms. The van der Waals surface area contributed by atoms with E-state index in [9.17, 15) is 9.18 Å². The van der Waals surface area contributed by atoms with Gasteiger partial charge in [0.2, 0.25) is 0 Å². The lowest BCUT2D eigenvalue weighted by molar-refractivity contribution is 0.102. The molecule has 0 saturated carbocycles. The van der Waals surface area contributed by atoms with Gasteiger partial charge >= 0.3 is 0 Å². The van der Waals surface area contributed by atoms with Gasteiger partial charge in [-0.05, 0) is 44.5 Å². The first kappa shape index (κ1) is 23.7. The van der Waals surface area contributed by atoms with E-state index in [1.165, 1.54) is 6.07 Å². The molecular formula is C27H30FN7O2. The molecule has 10 heteroatoms. The first-order valence-corrected chi connectivity index (χ1v) is 12.7. The molecule has 9 nitrogen and oxygen atoms in total. The summed E-state index contributed by atoms with van der Waals surface area (Å²) < 4.78 is 21.7. The number of benzene rings is 2. The van der Waals surface area contributed by atoms with Gasteiger partial charge in [-0.25, -0.2) is 14.4 Å². The maximum atomic E-state index is 14.6. The van der Waals surface area contributed by atoms with E-state index in [4.69, 9.17) is 14.7 Å². The fourth-order valence-electron chi connectivity index (χ4n) is 5.52. The van der Waals surface area contributed by atoms with Crippen LogP contribution in [0.1, 0.15) is 42.4 Å². The van der Waals surface area contributed by atoms with Gasteiger partial charge in [0.25, 0.3) is 5.91 Å². The number of aromatic nitrogens is 4. The zero-order chi connectivity index (χ0) is 25.7. The topological polar surface area (TPSA) is 97.2 Å². The first-order valence-electron chi connectivity index (χ1n) is 12.7. The van der Waals surface area contributed by atoms with Gasteiger partial charge < -0.3 is 20.3 Å². The highest BCUT2D eigenvalue weighted by atomic mass is 19.1. The Hall–Kier alpha value is -3.63. The Balaban J connectivity index is 1.41. The van der Waals surface area contributed by atoms with Gasteiger partial charge in [-0.1, -0.05) is 0 Å². The molecule has 2 aromatic heterocycles. The van der Waals surface area contributed by atoms with Crippen molar-refractivity contribution in [3.8, 4) is 0 Å². The molecule has 2 saturated heterocycles. The minimum atomic E-state index is -0.485. The Morgan fingerprint density at radius 2 is 2.00 bits per heavy atom. The SMILES string of the molecule is C[C@@H]1CN(c2ccc(C(=O)Nc3cc(F)c4nn(C)cc4c3)c3nc(C4CCOC4)ncc23)C[C@H](C)N1. The van der Waals surface area contributed by atoms with Crippen molar-refractivity contribution in [1.29, 1.82) is 0 Å². The van der Waals surface area contributed by atoms with E-state index in [2.05, 4.69) is 34.5 Å². The highest BCUT2D eigenvalue weighted by molar-refractivity contribution is 6.14. The van der Waals surface area contributed by atoms with Crippen LogP contribution in [0.5, 0.6) is 0 Å². The number of carbonyl (C=O) groups excluding carboxylic acids is 1. The molecule has 0 bridgehead atoms. The Morgan fingerprint density at radius 1 is 1.19 bits per heavy atom. The average molecular weight is 504 g/mol. The summed E-state index contributed by atoms with van der Waals surface area (Å²) in [4.78, 5) is 25.5. The second kappa shape index (κ2) is 9.35. The molecule has 2 aliphatic rings. The Morgan fingerprint density at radius 3 is 2.76 bits per heavy atom. The largest absolute Gasteiger partial charge is 0.381 e. The molecule has 4 aromatic rings. The second-order valence-corrected chi connectivity index (χ2v) is 10.2. The summed E-state index contributed by atoms with van der Waals surface area (Å²) in [6.45, 7) is 7.27. The predicted octanol–water partition coefficient (Wildman–Crippen LogP) is 3.60.